The lowest BCUT2D eigenvalue weighted by Crippen LogP contribution is -2.34. The fourth-order valence-corrected chi connectivity index (χ4v) is 2.04. The number of hydrogen-bond acceptors (Lipinski definition) is 3. The minimum absolute atomic E-state index is 0.689. The van der Waals surface area contributed by atoms with E-state index in [1.807, 2.05) is 63.2 Å². The Morgan fingerprint density at radius 1 is 1.00 bits per heavy atom. The predicted molar refractivity (Wildman–Crippen MR) is 78.5 cm³/mol. The highest BCUT2D eigenvalue weighted by Crippen LogP contribution is 2.21. The molecular formula is C17H18NO2-. The zero-order chi connectivity index (χ0) is 14.7. The molecule has 104 valence electrons. The van der Waals surface area contributed by atoms with Crippen LogP contribution in [0.3, 0.4) is 0 Å². The summed E-state index contributed by atoms with van der Waals surface area (Å²) >= 11 is 0. The van der Waals surface area contributed by atoms with Gasteiger partial charge in [-0.15, -0.1) is 0 Å². The molecule has 0 spiro atoms. The number of hydrogen-bond donors (Lipinski definition) is 1. The third-order valence-corrected chi connectivity index (χ3v) is 3.46. The van der Waals surface area contributed by atoms with Crippen LogP contribution >= 0.6 is 0 Å². The van der Waals surface area contributed by atoms with Crippen LogP contribution in [0.5, 0.6) is 0 Å². The summed E-state index contributed by atoms with van der Waals surface area (Å²) in [6, 6.07) is 12.4. The van der Waals surface area contributed by atoms with E-state index in [2.05, 4.69) is 5.32 Å². The number of aryl methyl sites for hydroxylation is 3. The topological polar surface area (TPSA) is 52.2 Å². The van der Waals surface area contributed by atoms with Crippen LogP contribution in [0.2, 0.25) is 0 Å². The zero-order valence-electron chi connectivity index (χ0n) is 11.9. The molecule has 3 heteroatoms. The predicted octanol–water partition coefficient (Wildman–Crippen LogP) is 2.51. The van der Waals surface area contributed by atoms with Crippen molar-refractivity contribution in [3.63, 3.8) is 0 Å². The number of aliphatic carboxylic acids is 1. The quantitative estimate of drug-likeness (QED) is 0.927. The lowest BCUT2D eigenvalue weighted by atomic mass is 10.0. The molecule has 0 aliphatic heterocycles. The molecule has 20 heavy (non-hydrogen) atoms. The molecule has 1 atom stereocenters. The summed E-state index contributed by atoms with van der Waals surface area (Å²) in [5.74, 6) is -1.13. The van der Waals surface area contributed by atoms with Crippen molar-refractivity contribution in [1.82, 2.24) is 0 Å². The maximum absolute atomic E-state index is 11.4. The third kappa shape index (κ3) is 3.18. The van der Waals surface area contributed by atoms with Crippen molar-refractivity contribution >= 4 is 11.7 Å². The van der Waals surface area contributed by atoms with Gasteiger partial charge in [-0.2, -0.15) is 0 Å². The van der Waals surface area contributed by atoms with Gasteiger partial charge in [0.1, 0.15) is 0 Å². The van der Waals surface area contributed by atoms with Crippen LogP contribution in [0, 0.1) is 20.8 Å². The van der Waals surface area contributed by atoms with Crippen LogP contribution in [0.25, 0.3) is 0 Å². The molecule has 0 fully saturated rings. The van der Waals surface area contributed by atoms with Gasteiger partial charge >= 0.3 is 0 Å². The van der Waals surface area contributed by atoms with Crippen molar-refractivity contribution in [3.8, 4) is 0 Å². The van der Waals surface area contributed by atoms with Crippen LogP contribution in [-0.4, -0.2) is 5.97 Å². The molecule has 1 N–H and O–H groups in total. The average Bonchev–Trinajstić information content (AvgIpc) is 2.41. The Morgan fingerprint density at radius 2 is 1.65 bits per heavy atom. The maximum atomic E-state index is 11.4. The summed E-state index contributed by atoms with van der Waals surface area (Å²) in [5, 5.41) is 14.4. The van der Waals surface area contributed by atoms with Gasteiger partial charge in [0, 0.05) is 5.69 Å². The van der Waals surface area contributed by atoms with Crippen molar-refractivity contribution in [3.05, 3.63) is 64.7 Å². The molecule has 0 aromatic heterocycles. The molecule has 0 heterocycles. The lowest BCUT2D eigenvalue weighted by Gasteiger charge is -2.22. The van der Waals surface area contributed by atoms with E-state index in [0.29, 0.717) is 5.56 Å². The number of carbonyl (C=O) groups is 1. The number of nitrogens with one attached hydrogen (secondary N) is 1. The number of carbonyl (C=O) groups excluding carboxylic acids is 1. The third-order valence-electron chi connectivity index (χ3n) is 3.46. The second-order valence-electron chi connectivity index (χ2n) is 5.11. The first-order valence-corrected chi connectivity index (χ1v) is 6.58. The molecule has 0 unspecified atom stereocenters. The molecule has 0 saturated heterocycles. The highest BCUT2D eigenvalue weighted by Gasteiger charge is 2.12. The maximum Gasteiger partial charge on any atom is 0.0912 e. The van der Waals surface area contributed by atoms with Crippen LogP contribution in [0.15, 0.2) is 42.5 Å². The molecular weight excluding hydrogens is 250 g/mol. The van der Waals surface area contributed by atoms with Gasteiger partial charge in [-0.05, 0) is 49.6 Å². The number of anilines is 1. The highest BCUT2D eigenvalue weighted by molar-refractivity contribution is 5.77. The van der Waals surface area contributed by atoms with E-state index in [1.54, 1.807) is 0 Å². The minimum Gasteiger partial charge on any atom is -0.548 e. The summed E-state index contributed by atoms with van der Waals surface area (Å²) < 4.78 is 0. The van der Waals surface area contributed by atoms with Gasteiger partial charge < -0.3 is 15.2 Å². The number of carboxylic acids is 1. The molecule has 0 aliphatic carbocycles. The van der Waals surface area contributed by atoms with Gasteiger partial charge in [-0.25, -0.2) is 0 Å². The molecule has 0 aliphatic rings. The Balaban J connectivity index is 2.27. The summed E-state index contributed by atoms with van der Waals surface area (Å²) in [6.07, 6.45) is 0. The molecule has 3 nitrogen and oxygen atoms in total. The first-order valence-electron chi connectivity index (χ1n) is 6.58. The van der Waals surface area contributed by atoms with Crippen molar-refractivity contribution in [2.45, 2.75) is 26.8 Å². The van der Waals surface area contributed by atoms with Gasteiger partial charge in [0.05, 0.1) is 12.0 Å². The molecule has 0 saturated carbocycles. The monoisotopic (exact) mass is 268 g/mol. The Labute approximate surface area is 119 Å². The number of carboxylic acid groups (broad SMARTS) is 1. The number of rotatable bonds is 4. The zero-order valence-corrected chi connectivity index (χ0v) is 11.9. The van der Waals surface area contributed by atoms with Crippen molar-refractivity contribution in [2.75, 3.05) is 5.32 Å². The van der Waals surface area contributed by atoms with Crippen LogP contribution in [0.1, 0.15) is 28.3 Å². The van der Waals surface area contributed by atoms with E-state index in [4.69, 9.17) is 0 Å². The standard InChI is InChI=1S/C17H19NO2/c1-11-4-7-14(8-5-11)16(17(19)20)18-15-9-6-12(2)13(3)10-15/h4-10,16,18H,1-3H3,(H,19,20)/p-1/t16-/m1/s1. The van der Waals surface area contributed by atoms with E-state index in [0.717, 1.165) is 16.8 Å². The van der Waals surface area contributed by atoms with Gasteiger partial charge in [-0.3, -0.25) is 0 Å². The summed E-state index contributed by atoms with van der Waals surface area (Å²) in [4.78, 5) is 11.4. The minimum atomic E-state index is -1.13. The smallest absolute Gasteiger partial charge is 0.0912 e. The average molecular weight is 268 g/mol. The molecule has 0 bridgehead atoms. The van der Waals surface area contributed by atoms with E-state index < -0.39 is 12.0 Å². The van der Waals surface area contributed by atoms with Crippen LogP contribution in [-0.2, 0) is 4.79 Å². The van der Waals surface area contributed by atoms with Crippen molar-refractivity contribution in [1.29, 1.82) is 0 Å². The Morgan fingerprint density at radius 3 is 2.20 bits per heavy atom. The van der Waals surface area contributed by atoms with Crippen molar-refractivity contribution in [2.24, 2.45) is 0 Å². The molecule has 2 rings (SSSR count). The van der Waals surface area contributed by atoms with Gasteiger partial charge in [-0.1, -0.05) is 35.9 Å². The largest absolute Gasteiger partial charge is 0.548 e. The SMILES string of the molecule is Cc1ccc([C@@H](Nc2ccc(C)c(C)c2)C(=O)[O-])cc1. The Hall–Kier alpha value is -2.29. The van der Waals surface area contributed by atoms with Crippen molar-refractivity contribution < 1.29 is 9.90 Å². The Bertz CT molecular complexity index is 617. The van der Waals surface area contributed by atoms with Crippen LogP contribution in [0.4, 0.5) is 5.69 Å². The highest BCUT2D eigenvalue weighted by atomic mass is 16.4. The van der Waals surface area contributed by atoms with E-state index in [-0.39, 0.29) is 0 Å². The summed E-state index contributed by atoms with van der Waals surface area (Å²) in [6.45, 7) is 5.99. The normalized spacial score (nSPS) is 11.9. The number of benzene rings is 2. The molecule has 2 aromatic carbocycles. The van der Waals surface area contributed by atoms with E-state index >= 15 is 0 Å². The lowest BCUT2D eigenvalue weighted by molar-refractivity contribution is -0.307. The summed E-state index contributed by atoms with van der Waals surface area (Å²) in [5.41, 5.74) is 4.86. The van der Waals surface area contributed by atoms with Gasteiger partial charge in [0.15, 0.2) is 0 Å². The summed E-state index contributed by atoms with van der Waals surface area (Å²) in [7, 11) is 0. The molecule has 2 aromatic rings. The first-order chi connectivity index (χ1) is 9.47. The fraction of sp³-hybridized carbons (Fsp3) is 0.235. The molecule has 0 amide bonds. The first kappa shape index (κ1) is 14.1. The van der Waals surface area contributed by atoms with Crippen LogP contribution < -0.4 is 10.4 Å². The van der Waals surface area contributed by atoms with Gasteiger partial charge in [0.2, 0.25) is 0 Å². The van der Waals surface area contributed by atoms with E-state index in [1.165, 1.54) is 5.56 Å². The van der Waals surface area contributed by atoms with Gasteiger partial charge in [0.25, 0.3) is 0 Å². The fourth-order valence-electron chi connectivity index (χ4n) is 2.04. The second-order valence-corrected chi connectivity index (χ2v) is 5.11. The van der Waals surface area contributed by atoms with E-state index in [9.17, 15) is 9.90 Å². The Kier molecular flexibility index (Phi) is 4.08. The molecule has 0 radical (unpaired) electrons. The second kappa shape index (κ2) is 5.78.